The molecule has 2 aromatic rings. The number of rotatable bonds is 5. The Morgan fingerprint density at radius 2 is 2.04 bits per heavy atom. The number of nitrogens with zero attached hydrogens (tertiary/aromatic N) is 3. The molecule has 2 aliphatic rings. The zero-order valence-corrected chi connectivity index (χ0v) is 18.9. The highest BCUT2D eigenvalue weighted by Gasteiger charge is 2.41. The van der Waals surface area contributed by atoms with Gasteiger partial charge in [0.25, 0.3) is 0 Å². The first-order valence-electron chi connectivity index (χ1n) is 9.76. The third-order valence-electron chi connectivity index (χ3n) is 5.23. The minimum absolute atomic E-state index is 0.0475. The molecule has 1 atom stereocenters. The van der Waals surface area contributed by atoms with Crippen molar-refractivity contribution in [3.8, 4) is 0 Å². The fourth-order valence-corrected chi connectivity index (χ4v) is 5.09. The molecule has 1 aliphatic heterocycles. The van der Waals surface area contributed by atoms with Gasteiger partial charge in [0.05, 0.1) is 0 Å². The lowest BCUT2D eigenvalue weighted by Gasteiger charge is -2.38. The number of fused-ring (bicyclic) bond motifs is 1. The SMILES string of the molecule is CCCCSc1nc2n(n1)C(c1ccc(Br)cc1)C1=C(CC(C)(C)CC1=O)N2. The molecule has 5 nitrogen and oxygen atoms in total. The summed E-state index contributed by atoms with van der Waals surface area (Å²) in [5.41, 5.74) is 2.85. The number of ketones is 1. The number of carbonyl (C=O) groups is 1. The Morgan fingerprint density at radius 1 is 1.29 bits per heavy atom. The number of halogens is 1. The number of unbranched alkanes of at least 4 members (excludes halogenated alkanes) is 1. The van der Waals surface area contributed by atoms with Crippen LogP contribution in [-0.4, -0.2) is 26.3 Å². The molecule has 0 bridgehead atoms. The largest absolute Gasteiger partial charge is 0.328 e. The highest BCUT2D eigenvalue weighted by atomic mass is 79.9. The molecule has 28 heavy (non-hydrogen) atoms. The molecule has 0 fully saturated rings. The molecule has 0 saturated heterocycles. The molecule has 148 valence electrons. The van der Waals surface area contributed by atoms with Crippen molar-refractivity contribution in [3.05, 3.63) is 45.6 Å². The molecule has 4 rings (SSSR count). The topological polar surface area (TPSA) is 59.8 Å². The second-order valence-corrected chi connectivity index (χ2v) is 10.3. The Labute approximate surface area is 178 Å². The van der Waals surface area contributed by atoms with Crippen molar-refractivity contribution in [2.45, 2.75) is 57.7 Å². The second kappa shape index (κ2) is 7.67. The molecule has 7 heteroatoms. The summed E-state index contributed by atoms with van der Waals surface area (Å²) in [6.07, 6.45) is 3.69. The first-order chi connectivity index (χ1) is 13.4. The van der Waals surface area contributed by atoms with Crippen LogP contribution < -0.4 is 5.32 Å². The van der Waals surface area contributed by atoms with Crippen LogP contribution >= 0.6 is 27.7 Å². The molecule has 1 aliphatic carbocycles. The molecule has 0 spiro atoms. The van der Waals surface area contributed by atoms with Crippen LogP contribution in [0.15, 0.2) is 45.2 Å². The fourth-order valence-electron chi connectivity index (χ4n) is 3.91. The van der Waals surface area contributed by atoms with Crippen LogP contribution in [0.5, 0.6) is 0 Å². The average molecular weight is 461 g/mol. The van der Waals surface area contributed by atoms with Gasteiger partial charge < -0.3 is 5.32 Å². The number of hydrogen-bond donors (Lipinski definition) is 1. The normalized spacial score (nSPS) is 20.6. The number of thioether (sulfide) groups is 1. The van der Waals surface area contributed by atoms with E-state index < -0.39 is 0 Å². The molecule has 0 radical (unpaired) electrons. The van der Waals surface area contributed by atoms with Gasteiger partial charge in [-0.15, -0.1) is 5.10 Å². The second-order valence-electron chi connectivity index (χ2n) is 8.28. The minimum Gasteiger partial charge on any atom is -0.328 e. The van der Waals surface area contributed by atoms with Gasteiger partial charge in [0.15, 0.2) is 5.78 Å². The maximum absolute atomic E-state index is 13.1. The smallest absolute Gasteiger partial charge is 0.227 e. The molecule has 1 N–H and O–H groups in total. The summed E-state index contributed by atoms with van der Waals surface area (Å²) in [7, 11) is 0. The van der Waals surface area contributed by atoms with Crippen molar-refractivity contribution >= 4 is 39.4 Å². The summed E-state index contributed by atoms with van der Waals surface area (Å²) in [6, 6.07) is 7.93. The van der Waals surface area contributed by atoms with Crippen LogP contribution in [-0.2, 0) is 4.79 Å². The Morgan fingerprint density at radius 3 is 2.75 bits per heavy atom. The van der Waals surface area contributed by atoms with Gasteiger partial charge in [0.2, 0.25) is 11.1 Å². The van der Waals surface area contributed by atoms with Crippen LogP contribution in [0, 0.1) is 5.41 Å². The maximum Gasteiger partial charge on any atom is 0.227 e. The Hall–Kier alpha value is -1.60. The van der Waals surface area contributed by atoms with E-state index in [9.17, 15) is 4.79 Å². The Kier molecular flexibility index (Phi) is 5.40. The van der Waals surface area contributed by atoms with Crippen LogP contribution in [0.3, 0.4) is 0 Å². The Bertz CT molecular complexity index is 932. The standard InChI is InChI=1S/C21H25BrN4OS/c1-4-5-10-28-20-24-19-23-15-11-21(2,3)12-16(27)17(15)18(26(19)25-20)13-6-8-14(22)9-7-13/h6-9,18H,4-5,10-12H2,1-3H3,(H,23,24,25). The summed E-state index contributed by atoms with van der Waals surface area (Å²) >= 11 is 5.18. The maximum atomic E-state index is 13.1. The number of hydrogen-bond acceptors (Lipinski definition) is 5. The van der Waals surface area contributed by atoms with E-state index in [4.69, 9.17) is 10.1 Å². The summed E-state index contributed by atoms with van der Waals surface area (Å²) in [4.78, 5) is 17.9. The van der Waals surface area contributed by atoms with Gasteiger partial charge >= 0.3 is 0 Å². The van der Waals surface area contributed by atoms with Crippen LogP contribution in [0.25, 0.3) is 0 Å². The number of Topliss-reactive ketones (excluding diaryl/α,β-unsaturated/α-hetero) is 1. The van der Waals surface area contributed by atoms with Crippen molar-refractivity contribution in [1.82, 2.24) is 14.8 Å². The third-order valence-corrected chi connectivity index (χ3v) is 6.68. The van der Waals surface area contributed by atoms with E-state index in [0.29, 0.717) is 6.42 Å². The lowest BCUT2D eigenvalue weighted by Crippen LogP contribution is -2.36. The summed E-state index contributed by atoms with van der Waals surface area (Å²) in [5.74, 6) is 1.94. The number of nitrogens with one attached hydrogen (secondary N) is 1. The molecule has 1 aromatic carbocycles. The molecular formula is C21H25BrN4OS. The zero-order valence-electron chi connectivity index (χ0n) is 16.5. The molecule has 2 heterocycles. The highest BCUT2D eigenvalue weighted by Crippen LogP contribution is 2.45. The predicted molar refractivity (Wildman–Crippen MR) is 117 cm³/mol. The minimum atomic E-state index is -0.226. The van der Waals surface area contributed by atoms with Gasteiger partial charge in [-0.3, -0.25) is 4.79 Å². The predicted octanol–water partition coefficient (Wildman–Crippen LogP) is 5.59. The van der Waals surface area contributed by atoms with Gasteiger partial charge in [0.1, 0.15) is 6.04 Å². The van der Waals surface area contributed by atoms with E-state index in [1.54, 1.807) is 11.8 Å². The van der Waals surface area contributed by atoms with Crippen LogP contribution in [0.1, 0.15) is 58.1 Å². The number of allylic oxidation sites excluding steroid dienone is 2. The summed E-state index contributed by atoms with van der Waals surface area (Å²) < 4.78 is 2.91. The van der Waals surface area contributed by atoms with Gasteiger partial charge in [-0.05, 0) is 36.0 Å². The number of anilines is 1. The van der Waals surface area contributed by atoms with Crippen molar-refractivity contribution < 1.29 is 4.79 Å². The van der Waals surface area contributed by atoms with Gasteiger partial charge in [-0.25, -0.2) is 4.68 Å². The zero-order chi connectivity index (χ0) is 19.9. The molecule has 1 aromatic heterocycles. The van der Waals surface area contributed by atoms with Gasteiger partial charge in [-0.1, -0.05) is 67.0 Å². The van der Waals surface area contributed by atoms with Crippen molar-refractivity contribution in [2.24, 2.45) is 5.41 Å². The van der Waals surface area contributed by atoms with Crippen molar-refractivity contribution in [3.63, 3.8) is 0 Å². The number of benzene rings is 1. The summed E-state index contributed by atoms with van der Waals surface area (Å²) in [5, 5.41) is 8.97. The first-order valence-corrected chi connectivity index (χ1v) is 11.5. The van der Waals surface area contributed by atoms with E-state index in [1.807, 2.05) is 16.8 Å². The Balaban J connectivity index is 1.78. The van der Waals surface area contributed by atoms with E-state index >= 15 is 0 Å². The van der Waals surface area contributed by atoms with E-state index in [-0.39, 0.29) is 17.2 Å². The average Bonchev–Trinajstić information content (AvgIpc) is 3.02. The molecular weight excluding hydrogens is 436 g/mol. The van der Waals surface area contributed by atoms with E-state index in [0.717, 1.165) is 57.4 Å². The fraction of sp³-hybridized carbons (Fsp3) is 0.476. The van der Waals surface area contributed by atoms with Crippen molar-refractivity contribution in [1.29, 1.82) is 0 Å². The van der Waals surface area contributed by atoms with Crippen LogP contribution in [0.4, 0.5) is 5.95 Å². The third kappa shape index (κ3) is 3.79. The van der Waals surface area contributed by atoms with Crippen LogP contribution in [0.2, 0.25) is 0 Å². The van der Waals surface area contributed by atoms with Crippen molar-refractivity contribution in [2.75, 3.05) is 11.1 Å². The van der Waals surface area contributed by atoms with Gasteiger partial charge in [-0.2, -0.15) is 4.98 Å². The lowest BCUT2D eigenvalue weighted by molar-refractivity contribution is -0.118. The number of carbonyl (C=O) groups excluding carboxylic acids is 1. The molecule has 0 saturated carbocycles. The monoisotopic (exact) mass is 460 g/mol. The van der Waals surface area contributed by atoms with Gasteiger partial charge in [0, 0.05) is 27.9 Å². The quantitative estimate of drug-likeness (QED) is 0.465. The molecule has 0 amide bonds. The summed E-state index contributed by atoms with van der Waals surface area (Å²) in [6.45, 7) is 6.48. The molecule has 1 unspecified atom stereocenters. The lowest BCUT2D eigenvalue weighted by atomic mass is 9.73. The van der Waals surface area contributed by atoms with E-state index in [2.05, 4.69) is 54.2 Å². The first kappa shape index (κ1) is 19.7. The van der Waals surface area contributed by atoms with E-state index in [1.165, 1.54) is 0 Å². The number of aromatic nitrogens is 3. The highest BCUT2D eigenvalue weighted by molar-refractivity contribution is 9.10.